The first-order chi connectivity index (χ1) is 7.88. The Kier molecular flexibility index (Phi) is 3.21. The fourth-order valence-electron chi connectivity index (χ4n) is 3.08. The molecule has 0 radical (unpaired) electrons. The molecule has 0 spiro atoms. The van der Waals surface area contributed by atoms with Crippen molar-refractivity contribution in [2.75, 3.05) is 19.6 Å². The molecule has 2 aliphatic rings. The topological polar surface area (TPSA) is 66.6 Å². The third kappa shape index (κ3) is 2.33. The Balaban J connectivity index is 2.01. The van der Waals surface area contributed by atoms with Gasteiger partial charge in [-0.2, -0.15) is 0 Å². The number of amides is 1. The molecule has 4 heteroatoms. The molecule has 1 heterocycles. The van der Waals surface area contributed by atoms with Crippen LogP contribution in [0.25, 0.3) is 0 Å². The van der Waals surface area contributed by atoms with E-state index in [2.05, 4.69) is 6.92 Å². The van der Waals surface area contributed by atoms with Crippen LogP contribution in [0.4, 0.5) is 0 Å². The van der Waals surface area contributed by atoms with Crippen molar-refractivity contribution in [1.82, 2.24) is 4.90 Å². The molecule has 1 saturated carbocycles. The summed E-state index contributed by atoms with van der Waals surface area (Å²) < 4.78 is 0. The number of carbonyl (C=O) groups excluding carboxylic acids is 1. The highest BCUT2D eigenvalue weighted by Crippen LogP contribution is 2.41. The van der Waals surface area contributed by atoms with Crippen LogP contribution in [0, 0.1) is 11.3 Å². The maximum atomic E-state index is 12.5. The van der Waals surface area contributed by atoms with Crippen molar-refractivity contribution in [2.24, 2.45) is 17.1 Å². The average Bonchev–Trinajstić information content (AvgIpc) is 2.26. The number of aliphatic hydroxyl groups is 1. The number of β-amino-alcohol motifs (C(OH)–C–C–N with tert-alkyl or cyclic N) is 1. The van der Waals surface area contributed by atoms with Crippen molar-refractivity contribution >= 4 is 5.91 Å². The van der Waals surface area contributed by atoms with E-state index in [0.29, 0.717) is 25.6 Å². The summed E-state index contributed by atoms with van der Waals surface area (Å²) in [6.45, 7) is 5.37. The highest BCUT2D eigenvalue weighted by atomic mass is 16.3. The lowest BCUT2D eigenvalue weighted by Crippen LogP contribution is -2.65. The van der Waals surface area contributed by atoms with Crippen LogP contribution in [-0.4, -0.2) is 41.1 Å². The first kappa shape index (κ1) is 12.8. The van der Waals surface area contributed by atoms with E-state index < -0.39 is 5.60 Å². The molecule has 4 nitrogen and oxygen atoms in total. The van der Waals surface area contributed by atoms with E-state index in [1.54, 1.807) is 11.8 Å². The molecule has 0 aromatic rings. The molecule has 0 atom stereocenters. The lowest BCUT2D eigenvalue weighted by Gasteiger charge is -2.49. The van der Waals surface area contributed by atoms with Crippen LogP contribution in [0.2, 0.25) is 0 Å². The number of likely N-dealkylation sites (tertiary alicyclic amines) is 1. The van der Waals surface area contributed by atoms with Crippen molar-refractivity contribution in [3.8, 4) is 0 Å². The molecule has 17 heavy (non-hydrogen) atoms. The van der Waals surface area contributed by atoms with Crippen molar-refractivity contribution in [3.63, 3.8) is 0 Å². The van der Waals surface area contributed by atoms with E-state index in [4.69, 9.17) is 5.73 Å². The average molecular weight is 240 g/mol. The van der Waals surface area contributed by atoms with Gasteiger partial charge >= 0.3 is 0 Å². The van der Waals surface area contributed by atoms with Gasteiger partial charge in [0.05, 0.1) is 24.1 Å². The lowest BCUT2D eigenvalue weighted by atomic mass is 9.69. The second-order valence-corrected chi connectivity index (χ2v) is 6.33. The van der Waals surface area contributed by atoms with Crippen molar-refractivity contribution < 1.29 is 9.90 Å². The molecule has 0 bridgehead atoms. The van der Waals surface area contributed by atoms with Gasteiger partial charge in [-0.15, -0.1) is 0 Å². The Morgan fingerprint density at radius 3 is 2.35 bits per heavy atom. The zero-order valence-electron chi connectivity index (χ0n) is 10.9. The molecular formula is C13H24N2O2. The van der Waals surface area contributed by atoms with Gasteiger partial charge in [0.1, 0.15) is 0 Å². The molecule has 0 aromatic carbocycles. The third-order valence-electron chi connectivity index (χ3n) is 4.43. The molecule has 0 aromatic heterocycles. The zero-order chi connectivity index (χ0) is 12.7. The van der Waals surface area contributed by atoms with Gasteiger partial charge in [0.25, 0.3) is 0 Å². The molecule has 1 aliphatic heterocycles. The van der Waals surface area contributed by atoms with Crippen molar-refractivity contribution in [2.45, 2.75) is 45.1 Å². The number of carbonyl (C=O) groups is 1. The van der Waals surface area contributed by atoms with E-state index in [9.17, 15) is 9.90 Å². The van der Waals surface area contributed by atoms with Gasteiger partial charge in [-0.3, -0.25) is 4.79 Å². The molecule has 0 unspecified atom stereocenters. The number of hydrogen-bond acceptors (Lipinski definition) is 3. The number of hydrogen-bond donors (Lipinski definition) is 2. The fraction of sp³-hybridized carbons (Fsp3) is 0.923. The second kappa shape index (κ2) is 4.25. The molecule has 2 rings (SSSR count). The molecule has 2 fully saturated rings. The quantitative estimate of drug-likeness (QED) is 0.748. The molecule has 1 amide bonds. The number of rotatable bonds is 2. The summed E-state index contributed by atoms with van der Waals surface area (Å²) in [6, 6.07) is 0. The maximum Gasteiger partial charge on any atom is 0.230 e. The van der Waals surface area contributed by atoms with E-state index in [1.807, 2.05) is 0 Å². The summed E-state index contributed by atoms with van der Waals surface area (Å²) in [4.78, 5) is 14.2. The first-order valence-corrected chi connectivity index (χ1v) is 6.60. The van der Waals surface area contributed by atoms with Gasteiger partial charge in [-0.05, 0) is 38.5 Å². The SMILES string of the molecule is CC1CCC(CN)(C(=O)N2CC(C)(O)C2)CC1. The highest BCUT2D eigenvalue weighted by molar-refractivity contribution is 5.84. The molecule has 1 saturated heterocycles. The van der Waals surface area contributed by atoms with E-state index in [-0.39, 0.29) is 11.3 Å². The van der Waals surface area contributed by atoms with Crippen LogP contribution in [0.5, 0.6) is 0 Å². The zero-order valence-corrected chi connectivity index (χ0v) is 10.9. The van der Waals surface area contributed by atoms with E-state index in [1.165, 1.54) is 0 Å². The molecule has 1 aliphatic carbocycles. The predicted molar refractivity (Wildman–Crippen MR) is 66.3 cm³/mol. The first-order valence-electron chi connectivity index (χ1n) is 6.60. The van der Waals surface area contributed by atoms with Gasteiger partial charge in [0, 0.05) is 6.54 Å². The van der Waals surface area contributed by atoms with Gasteiger partial charge < -0.3 is 15.7 Å². The van der Waals surface area contributed by atoms with Crippen LogP contribution in [0.1, 0.15) is 39.5 Å². The summed E-state index contributed by atoms with van der Waals surface area (Å²) >= 11 is 0. The molecule has 3 N–H and O–H groups in total. The summed E-state index contributed by atoms with van der Waals surface area (Å²) in [7, 11) is 0. The van der Waals surface area contributed by atoms with Gasteiger partial charge in [-0.1, -0.05) is 6.92 Å². The Labute approximate surface area is 103 Å². The maximum absolute atomic E-state index is 12.5. The van der Waals surface area contributed by atoms with Gasteiger partial charge in [-0.25, -0.2) is 0 Å². The Morgan fingerprint density at radius 2 is 1.94 bits per heavy atom. The normalized spacial score (nSPS) is 36.5. The minimum Gasteiger partial charge on any atom is -0.386 e. The largest absolute Gasteiger partial charge is 0.386 e. The fourth-order valence-corrected chi connectivity index (χ4v) is 3.08. The van der Waals surface area contributed by atoms with Crippen LogP contribution < -0.4 is 5.73 Å². The number of nitrogens with zero attached hydrogens (tertiary/aromatic N) is 1. The minimum atomic E-state index is -0.687. The van der Waals surface area contributed by atoms with Gasteiger partial charge in [0.15, 0.2) is 0 Å². The van der Waals surface area contributed by atoms with E-state index in [0.717, 1.165) is 25.7 Å². The Bertz CT molecular complexity index is 299. The highest BCUT2D eigenvalue weighted by Gasteiger charge is 2.48. The number of nitrogens with two attached hydrogens (primary N) is 1. The standard InChI is InChI=1S/C13H24N2O2/c1-10-3-5-13(7-14,6-4-10)11(16)15-8-12(2,17)9-15/h10,17H,3-9,14H2,1-2H3. The minimum absolute atomic E-state index is 0.165. The van der Waals surface area contributed by atoms with Crippen LogP contribution in [-0.2, 0) is 4.79 Å². The van der Waals surface area contributed by atoms with Crippen LogP contribution in [0.3, 0.4) is 0 Å². The lowest BCUT2D eigenvalue weighted by molar-refractivity contribution is -0.165. The third-order valence-corrected chi connectivity index (χ3v) is 4.43. The van der Waals surface area contributed by atoms with Crippen LogP contribution in [0.15, 0.2) is 0 Å². The van der Waals surface area contributed by atoms with Crippen molar-refractivity contribution in [3.05, 3.63) is 0 Å². The van der Waals surface area contributed by atoms with Crippen molar-refractivity contribution in [1.29, 1.82) is 0 Å². The van der Waals surface area contributed by atoms with Gasteiger partial charge in [0.2, 0.25) is 5.91 Å². The smallest absolute Gasteiger partial charge is 0.230 e. The van der Waals surface area contributed by atoms with E-state index >= 15 is 0 Å². The summed E-state index contributed by atoms with van der Waals surface area (Å²) in [5.74, 6) is 0.875. The second-order valence-electron chi connectivity index (χ2n) is 6.33. The van der Waals surface area contributed by atoms with Crippen LogP contribution >= 0.6 is 0 Å². The monoisotopic (exact) mass is 240 g/mol. The predicted octanol–water partition coefficient (Wildman–Crippen LogP) is 0.735. The Hall–Kier alpha value is -0.610. The summed E-state index contributed by atoms with van der Waals surface area (Å²) in [5, 5.41) is 9.70. The summed E-state index contributed by atoms with van der Waals surface area (Å²) in [6.07, 6.45) is 3.99. The molecule has 98 valence electrons. The Morgan fingerprint density at radius 1 is 1.41 bits per heavy atom. The summed E-state index contributed by atoms with van der Waals surface area (Å²) in [5.41, 5.74) is 4.83. The molecular weight excluding hydrogens is 216 g/mol.